The van der Waals surface area contributed by atoms with Gasteiger partial charge in [0.2, 0.25) is 0 Å². The summed E-state index contributed by atoms with van der Waals surface area (Å²) < 4.78 is 0.729. The van der Waals surface area contributed by atoms with Crippen LogP contribution in [0.25, 0.3) is 0 Å². The molecule has 0 atom stereocenters. The molecular weight excluding hydrogens is 274 g/mol. The first-order valence-electron chi connectivity index (χ1n) is 4.49. The molecule has 78 valence electrons. The molecule has 0 bridgehead atoms. The molecule has 0 saturated heterocycles. The van der Waals surface area contributed by atoms with Gasteiger partial charge < -0.3 is 10.4 Å². The van der Waals surface area contributed by atoms with E-state index in [-0.39, 0.29) is 5.75 Å². The van der Waals surface area contributed by atoms with Crippen molar-refractivity contribution in [1.29, 1.82) is 0 Å². The van der Waals surface area contributed by atoms with Crippen LogP contribution < -0.4 is 5.32 Å². The Morgan fingerprint density at radius 3 is 2.87 bits per heavy atom. The number of halogens is 1. The smallest absolute Gasteiger partial charge is 0.129 e. The highest BCUT2D eigenvalue weighted by Gasteiger charge is 1.99. The van der Waals surface area contributed by atoms with E-state index in [4.69, 9.17) is 0 Å². The third-order valence-corrected chi connectivity index (χ3v) is 3.35. The van der Waals surface area contributed by atoms with Crippen molar-refractivity contribution in [3.05, 3.63) is 45.1 Å². The third-order valence-electron chi connectivity index (χ3n) is 2.03. The van der Waals surface area contributed by atoms with Gasteiger partial charge in [0, 0.05) is 17.6 Å². The van der Waals surface area contributed by atoms with E-state index in [0.717, 1.165) is 22.3 Å². The summed E-state index contributed by atoms with van der Waals surface area (Å²) in [5.41, 5.74) is 2.26. The molecule has 0 fully saturated rings. The number of phenolic OH excluding ortho intramolecular Hbond substituents is 1. The number of phenols is 1. The van der Waals surface area contributed by atoms with Crippen molar-refractivity contribution >= 4 is 33.0 Å². The van der Waals surface area contributed by atoms with Gasteiger partial charge in [0.05, 0.1) is 4.47 Å². The third kappa shape index (κ3) is 2.73. The van der Waals surface area contributed by atoms with Crippen LogP contribution in [0.15, 0.2) is 39.5 Å². The van der Waals surface area contributed by atoms with Crippen molar-refractivity contribution in [2.75, 3.05) is 5.32 Å². The number of anilines is 1. The Bertz CT molecular complexity index is 442. The average Bonchev–Trinajstić information content (AvgIpc) is 2.73. The summed E-state index contributed by atoms with van der Waals surface area (Å²) in [4.78, 5) is 0. The fraction of sp³-hybridized carbons (Fsp3) is 0.0909. The number of hydrogen-bond acceptors (Lipinski definition) is 3. The number of thiophene rings is 1. The minimum atomic E-state index is 0.272. The summed E-state index contributed by atoms with van der Waals surface area (Å²) in [6.45, 7) is 0.760. The zero-order valence-electron chi connectivity index (χ0n) is 7.90. The lowest BCUT2D eigenvalue weighted by Gasteiger charge is -2.05. The maximum absolute atomic E-state index is 9.33. The topological polar surface area (TPSA) is 32.3 Å². The lowest BCUT2D eigenvalue weighted by Crippen LogP contribution is -1.97. The number of benzene rings is 1. The lowest BCUT2D eigenvalue weighted by atomic mass is 10.2. The van der Waals surface area contributed by atoms with E-state index in [0.29, 0.717) is 0 Å². The van der Waals surface area contributed by atoms with Crippen LogP contribution in [0.2, 0.25) is 0 Å². The maximum atomic E-state index is 9.33. The largest absolute Gasteiger partial charge is 0.507 e. The molecule has 2 nitrogen and oxygen atoms in total. The van der Waals surface area contributed by atoms with Crippen LogP contribution >= 0.6 is 27.3 Å². The van der Waals surface area contributed by atoms with Crippen molar-refractivity contribution in [1.82, 2.24) is 0 Å². The van der Waals surface area contributed by atoms with Gasteiger partial charge in [-0.3, -0.25) is 0 Å². The van der Waals surface area contributed by atoms with Gasteiger partial charge in [-0.1, -0.05) is 6.07 Å². The molecule has 2 rings (SSSR count). The Morgan fingerprint density at radius 2 is 2.20 bits per heavy atom. The second-order valence-electron chi connectivity index (χ2n) is 3.15. The summed E-state index contributed by atoms with van der Waals surface area (Å²) in [7, 11) is 0. The highest BCUT2D eigenvalue weighted by atomic mass is 79.9. The Hall–Kier alpha value is -1.00. The zero-order valence-corrected chi connectivity index (χ0v) is 10.3. The number of rotatable bonds is 3. The first-order valence-corrected chi connectivity index (χ1v) is 6.23. The van der Waals surface area contributed by atoms with E-state index < -0.39 is 0 Å². The molecule has 15 heavy (non-hydrogen) atoms. The Kier molecular flexibility index (Phi) is 3.28. The van der Waals surface area contributed by atoms with E-state index in [9.17, 15) is 5.11 Å². The molecular formula is C11H10BrNOS. The zero-order chi connectivity index (χ0) is 10.7. The second-order valence-corrected chi connectivity index (χ2v) is 4.79. The molecule has 0 saturated carbocycles. The van der Waals surface area contributed by atoms with Gasteiger partial charge in [-0.2, -0.15) is 11.3 Å². The molecule has 0 spiro atoms. The van der Waals surface area contributed by atoms with E-state index in [1.165, 1.54) is 0 Å². The Labute approximate surface area is 101 Å². The van der Waals surface area contributed by atoms with Crippen molar-refractivity contribution in [2.24, 2.45) is 0 Å². The lowest BCUT2D eigenvalue weighted by molar-refractivity contribution is 0.471. The number of hydrogen-bond donors (Lipinski definition) is 2. The fourth-order valence-electron chi connectivity index (χ4n) is 1.23. The fourth-order valence-corrected chi connectivity index (χ4v) is 2.27. The summed E-state index contributed by atoms with van der Waals surface area (Å²) in [6.07, 6.45) is 0. The van der Waals surface area contributed by atoms with Crippen molar-refractivity contribution in [3.8, 4) is 5.75 Å². The quantitative estimate of drug-likeness (QED) is 0.897. The van der Waals surface area contributed by atoms with E-state index in [1.54, 1.807) is 17.4 Å². The van der Waals surface area contributed by atoms with Crippen LogP contribution in [0.3, 0.4) is 0 Å². The number of nitrogens with one attached hydrogen (secondary N) is 1. The summed E-state index contributed by atoms with van der Waals surface area (Å²) >= 11 is 4.96. The van der Waals surface area contributed by atoms with Crippen LogP contribution in [0, 0.1) is 0 Å². The minimum absolute atomic E-state index is 0.272. The molecule has 2 N–H and O–H groups in total. The van der Waals surface area contributed by atoms with Crippen LogP contribution in [-0.2, 0) is 6.54 Å². The second kappa shape index (κ2) is 4.68. The van der Waals surface area contributed by atoms with Gasteiger partial charge in [0.1, 0.15) is 5.75 Å². The monoisotopic (exact) mass is 283 g/mol. The van der Waals surface area contributed by atoms with Gasteiger partial charge in [-0.25, -0.2) is 0 Å². The standard InChI is InChI=1S/C11H10BrNOS/c12-10-5-8(1-2-11(10)14)6-13-9-3-4-15-7-9/h1-5,7,13-14H,6H2. The summed E-state index contributed by atoms with van der Waals surface area (Å²) in [5.74, 6) is 0.272. The summed E-state index contributed by atoms with van der Waals surface area (Å²) in [6, 6.07) is 7.54. The number of aromatic hydroxyl groups is 1. The summed E-state index contributed by atoms with van der Waals surface area (Å²) in [5, 5.41) is 16.7. The van der Waals surface area contributed by atoms with Gasteiger partial charge in [-0.05, 0) is 45.1 Å². The first-order chi connectivity index (χ1) is 7.25. The Morgan fingerprint density at radius 1 is 1.33 bits per heavy atom. The molecule has 0 aliphatic rings. The molecule has 4 heteroatoms. The highest BCUT2D eigenvalue weighted by Crippen LogP contribution is 2.24. The van der Waals surface area contributed by atoms with Crippen molar-refractivity contribution in [2.45, 2.75) is 6.54 Å². The van der Waals surface area contributed by atoms with Gasteiger partial charge in [0.25, 0.3) is 0 Å². The van der Waals surface area contributed by atoms with Gasteiger partial charge in [0.15, 0.2) is 0 Å². The molecule has 0 aliphatic carbocycles. The Balaban J connectivity index is 2.02. The maximum Gasteiger partial charge on any atom is 0.129 e. The molecule has 0 amide bonds. The SMILES string of the molecule is Oc1ccc(CNc2ccsc2)cc1Br. The predicted molar refractivity (Wildman–Crippen MR) is 67.5 cm³/mol. The van der Waals surface area contributed by atoms with E-state index in [1.807, 2.05) is 23.6 Å². The molecule has 0 radical (unpaired) electrons. The van der Waals surface area contributed by atoms with Crippen molar-refractivity contribution in [3.63, 3.8) is 0 Å². The van der Waals surface area contributed by atoms with Crippen LogP contribution in [0.4, 0.5) is 5.69 Å². The van der Waals surface area contributed by atoms with E-state index in [2.05, 4.69) is 26.6 Å². The van der Waals surface area contributed by atoms with Crippen LogP contribution in [0.5, 0.6) is 5.75 Å². The minimum Gasteiger partial charge on any atom is -0.507 e. The molecule has 0 unspecified atom stereocenters. The highest BCUT2D eigenvalue weighted by molar-refractivity contribution is 9.10. The van der Waals surface area contributed by atoms with Crippen LogP contribution in [0.1, 0.15) is 5.56 Å². The van der Waals surface area contributed by atoms with Gasteiger partial charge >= 0.3 is 0 Å². The molecule has 2 aromatic rings. The molecule has 1 heterocycles. The van der Waals surface area contributed by atoms with Crippen LogP contribution in [-0.4, -0.2) is 5.11 Å². The molecule has 0 aliphatic heterocycles. The van der Waals surface area contributed by atoms with E-state index >= 15 is 0 Å². The molecule has 1 aromatic carbocycles. The normalized spacial score (nSPS) is 10.2. The molecule has 1 aromatic heterocycles. The predicted octanol–water partition coefficient (Wildman–Crippen LogP) is 3.83. The van der Waals surface area contributed by atoms with Crippen molar-refractivity contribution < 1.29 is 5.11 Å². The average molecular weight is 284 g/mol. The van der Waals surface area contributed by atoms with Gasteiger partial charge in [-0.15, -0.1) is 0 Å². The first kappa shape index (κ1) is 10.5.